The minimum atomic E-state index is -0.561. The summed E-state index contributed by atoms with van der Waals surface area (Å²) in [6, 6.07) is 0. The van der Waals surface area contributed by atoms with Crippen LogP contribution >= 0.6 is 23.5 Å². The van der Waals surface area contributed by atoms with Crippen LogP contribution in [0.25, 0.3) is 0 Å². The minimum Gasteiger partial charge on any atom is -0.461 e. The van der Waals surface area contributed by atoms with Gasteiger partial charge in [-0.3, -0.25) is 0 Å². The number of hydrogen-bond acceptors (Lipinski definition) is 10. The lowest BCUT2D eigenvalue weighted by Crippen LogP contribution is -2.29. The van der Waals surface area contributed by atoms with Crippen LogP contribution in [0.5, 0.6) is 0 Å². The number of amides is 2. The molecule has 0 atom stereocenters. The van der Waals surface area contributed by atoms with Gasteiger partial charge in [0.1, 0.15) is 26.4 Å². The maximum atomic E-state index is 11.4. The Morgan fingerprint density at radius 3 is 1.40 bits per heavy atom. The third-order valence-electron chi connectivity index (χ3n) is 2.86. The minimum absolute atomic E-state index is 0.0580. The molecule has 10 nitrogen and oxygen atoms in total. The van der Waals surface area contributed by atoms with E-state index in [-0.39, 0.29) is 39.5 Å². The molecule has 0 spiro atoms. The van der Waals surface area contributed by atoms with Gasteiger partial charge in [0.2, 0.25) is 0 Å². The molecular weight excluding hydrogens is 436 g/mol. The van der Waals surface area contributed by atoms with E-state index in [9.17, 15) is 19.2 Å². The van der Waals surface area contributed by atoms with E-state index in [0.29, 0.717) is 11.5 Å². The van der Waals surface area contributed by atoms with Crippen LogP contribution in [0.1, 0.15) is 0 Å². The van der Waals surface area contributed by atoms with Gasteiger partial charge in [0, 0.05) is 35.2 Å². The van der Waals surface area contributed by atoms with Gasteiger partial charge in [-0.15, -0.1) is 0 Å². The predicted octanol–water partition coefficient (Wildman–Crippen LogP) is 1.36. The number of rotatable bonds is 17. The molecule has 0 heterocycles. The molecule has 0 aliphatic heterocycles. The van der Waals surface area contributed by atoms with Gasteiger partial charge in [-0.25, -0.2) is 19.2 Å². The summed E-state index contributed by atoms with van der Waals surface area (Å²) in [5.74, 6) is 1.97. The van der Waals surface area contributed by atoms with Crippen LogP contribution in [-0.4, -0.2) is 86.7 Å². The van der Waals surface area contributed by atoms with Crippen LogP contribution in [0.3, 0.4) is 0 Å². The van der Waals surface area contributed by atoms with E-state index in [1.165, 1.54) is 0 Å². The lowest BCUT2D eigenvalue weighted by atomic mass is 10.6. The van der Waals surface area contributed by atoms with E-state index >= 15 is 0 Å². The average molecular weight is 465 g/mol. The van der Waals surface area contributed by atoms with Crippen LogP contribution in [0.15, 0.2) is 25.3 Å². The van der Waals surface area contributed by atoms with E-state index in [0.717, 1.165) is 23.7 Å². The second-order valence-electron chi connectivity index (χ2n) is 5.09. The number of thioether (sulfide) groups is 2. The Labute approximate surface area is 184 Å². The van der Waals surface area contributed by atoms with Crippen molar-refractivity contribution in [1.29, 1.82) is 0 Å². The van der Waals surface area contributed by atoms with Gasteiger partial charge in [0.25, 0.3) is 0 Å². The molecule has 0 radical (unpaired) electrons. The van der Waals surface area contributed by atoms with Crippen molar-refractivity contribution in [3.63, 3.8) is 0 Å². The maximum absolute atomic E-state index is 11.4. The normalized spacial score (nSPS) is 9.73. The van der Waals surface area contributed by atoms with Crippen LogP contribution in [0.4, 0.5) is 9.59 Å². The van der Waals surface area contributed by atoms with Crippen LogP contribution < -0.4 is 10.6 Å². The summed E-state index contributed by atoms with van der Waals surface area (Å²) in [7, 11) is 0. The molecular formula is C18H28N2O8S2. The molecule has 0 bridgehead atoms. The summed E-state index contributed by atoms with van der Waals surface area (Å²) < 4.78 is 19.3. The molecule has 170 valence electrons. The number of alkyl carbamates (subject to hydrolysis) is 2. The first kappa shape index (κ1) is 27.7. The molecule has 0 aromatic rings. The first-order valence-corrected chi connectivity index (χ1v) is 11.4. The Morgan fingerprint density at radius 2 is 1.03 bits per heavy atom. The predicted molar refractivity (Wildman–Crippen MR) is 116 cm³/mol. The standard InChI is InChI=1S/C18H28N2O8S2/c1-3-15(21)25-7-5-19-17(23)27-9-11-29-13-14-30-12-10-28-18(24)20-6-8-26-16(22)4-2/h3-4H,1-2,5-14H2,(H,19,23)(H,20,24). The van der Waals surface area contributed by atoms with Gasteiger partial charge >= 0.3 is 24.1 Å². The fourth-order valence-electron chi connectivity index (χ4n) is 1.54. The monoisotopic (exact) mass is 464 g/mol. The summed E-state index contributed by atoms with van der Waals surface area (Å²) in [6.45, 7) is 7.53. The van der Waals surface area contributed by atoms with Gasteiger partial charge < -0.3 is 29.6 Å². The van der Waals surface area contributed by atoms with Crippen molar-refractivity contribution in [2.45, 2.75) is 0 Å². The third kappa shape index (κ3) is 19.0. The average Bonchev–Trinajstić information content (AvgIpc) is 2.74. The fraction of sp³-hybridized carbons (Fsp3) is 0.556. The number of hydrogen-bond donors (Lipinski definition) is 2. The fourth-order valence-corrected chi connectivity index (χ4v) is 3.29. The summed E-state index contributed by atoms with van der Waals surface area (Å²) in [5, 5.41) is 4.92. The maximum Gasteiger partial charge on any atom is 0.407 e. The van der Waals surface area contributed by atoms with Crippen LogP contribution in [-0.2, 0) is 28.5 Å². The Balaban J connectivity index is 3.34. The van der Waals surface area contributed by atoms with Gasteiger partial charge in [0.05, 0.1) is 13.1 Å². The summed E-state index contributed by atoms with van der Waals surface area (Å²) in [6.07, 6.45) is 0.974. The Hall–Kier alpha value is -2.34. The van der Waals surface area contributed by atoms with Crippen molar-refractivity contribution < 1.29 is 38.1 Å². The highest BCUT2D eigenvalue weighted by Gasteiger charge is 2.03. The van der Waals surface area contributed by atoms with Crippen molar-refractivity contribution in [2.75, 3.05) is 62.5 Å². The number of carbonyl (C=O) groups is 4. The number of ether oxygens (including phenoxy) is 4. The highest BCUT2D eigenvalue weighted by molar-refractivity contribution is 8.02. The number of carbonyl (C=O) groups excluding carboxylic acids is 4. The van der Waals surface area contributed by atoms with E-state index in [4.69, 9.17) is 18.9 Å². The van der Waals surface area contributed by atoms with E-state index in [2.05, 4.69) is 23.8 Å². The van der Waals surface area contributed by atoms with E-state index < -0.39 is 24.1 Å². The highest BCUT2D eigenvalue weighted by atomic mass is 32.2. The zero-order valence-corrected chi connectivity index (χ0v) is 18.4. The number of nitrogens with one attached hydrogen (secondary N) is 2. The van der Waals surface area contributed by atoms with Crippen molar-refractivity contribution in [3.8, 4) is 0 Å². The molecule has 2 amide bonds. The molecule has 0 fully saturated rings. The SMILES string of the molecule is C=CC(=O)OCCNC(=O)OCCSCCSCCOC(=O)NCCOC(=O)C=C. The Morgan fingerprint density at radius 1 is 0.633 bits per heavy atom. The smallest absolute Gasteiger partial charge is 0.407 e. The molecule has 0 aliphatic rings. The lowest BCUT2D eigenvalue weighted by molar-refractivity contribution is -0.138. The molecule has 0 aromatic carbocycles. The highest BCUT2D eigenvalue weighted by Crippen LogP contribution is 2.06. The molecule has 2 N–H and O–H groups in total. The summed E-state index contributed by atoms with van der Waals surface area (Å²) in [5.41, 5.74) is 0. The topological polar surface area (TPSA) is 129 Å². The number of esters is 2. The second kappa shape index (κ2) is 20.0. The molecule has 0 saturated carbocycles. The summed E-state index contributed by atoms with van der Waals surface area (Å²) >= 11 is 3.28. The van der Waals surface area contributed by atoms with Crippen molar-refractivity contribution in [2.24, 2.45) is 0 Å². The zero-order valence-electron chi connectivity index (χ0n) is 16.7. The van der Waals surface area contributed by atoms with Crippen molar-refractivity contribution >= 4 is 47.6 Å². The molecule has 0 aromatic heterocycles. The Bertz CT molecular complexity index is 512. The molecule has 0 aliphatic carbocycles. The second-order valence-corrected chi connectivity index (χ2v) is 7.54. The van der Waals surface area contributed by atoms with Crippen LogP contribution in [0.2, 0.25) is 0 Å². The first-order chi connectivity index (χ1) is 14.5. The molecule has 0 saturated heterocycles. The largest absolute Gasteiger partial charge is 0.461 e. The van der Waals surface area contributed by atoms with Gasteiger partial charge in [-0.2, -0.15) is 23.5 Å². The first-order valence-electron chi connectivity index (χ1n) is 9.04. The zero-order chi connectivity index (χ0) is 22.5. The third-order valence-corrected chi connectivity index (χ3v) is 5.01. The molecule has 0 rings (SSSR count). The van der Waals surface area contributed by atoms with E-state index in [1.807, 2.05) is 0 Å². The van der Waals surface area contributed by atoms with Crippen LogP contribution in [0, 0.1) is 0 Å². The molecule has 0 unspecified atom stereocenters. The molecule has 12 heteroatoms. The van der Waals surface area contributed by atoms with Gasteiger partial charge in [-0.05, 0) is 0 Å². The Kier molecular flexibility index (Phi) is 18.4. The van der Waals surface area contributed by atoms with Crippen molar-refractivity contribution in [1.82, 2.24) is 10.6 Å². The van der Waals surface area contributed by atoms with Gasteiger partial charge in [0.15, 0.2) is 0 Å². The van der Waals surface area contributed by atoms with E-state index in [1.54, 1.807) is 23.5 Å². The molecule has 30 heavy (non-hydrogen) atoms. The van der Waals surface area contributed by atoms with Crippen molar-refractivity contribution in [3.05, 3.63) is 25.3 Å². The quantitative estimate of drug-likeness (QED) is 0.141. The summed E-state index contributed by atoms with van der Waals surface area (Å²) in [4.78, 5) is 44.3. The van der Waals surface area contributed by atoms with Gasteiger partial charge in [-0.1, -0.05) is 13.2 Å². The lowest BCUT2D eigenvalue weighted by Gasteiger charge is -2.08.